The maximum absolute atomic E-state index is 12.4. The molecular formula is C22H22ClN3O3S. The number of nitrogens with zero attached hydrogens (tertiary/aromatic N) is 2. The van der Waals surface area contributed by atoms with Crippen LogP contribution in [0, 0.1) is 11.3 Å². The van der Waals surface area contributed by atoms with Gasteiger partial charge in [-0.1, -0.05) is 36.9 Å². The van der Waals surface area contributed by atoms with Crippen molar-refractivity contribution in [2.24, 2.45) is 0 Å². The first-order chi connectivity index (χ1) is 14.4. The number of nitrogens with one attached hydrogen (secondary N) is 1. The first kappa shape index (κ1) is 22.0. The van der Waals surface area contributed by atoms with Crippen LogP contribution in [0.1, 0.15) is 18.4 Å². The molecule has 6 nitrogen and oxygen atoms in total. The zero-order valence-corrected chi connectivity index (χ0v) is 18.0. The van der Waals surface area contributed by atoms with E-state index < -0.39 is 0 Å². The van der Waals surface area contributed by atoms with E-state index in [4.69, 9.17) is 16.3 Å². The monoisotopic (exact) mass is 443 g/mol. The van der Waals surface area contributed by atoms with E-state index in [2.05, 4.69) is 24.5 Å². The maximum atomic E-state index is 12.4. The van der Waals surface area contributed by atoms with E-state index in [9.17, 15) is 14.9 Å². The minimum atomic E-state index is -0.321. The Morgan fingerprint density at radius 2 is 2.13 bits per heavy atom. The Kier molecular flexibility index (Phi) is 7.24. The third-order valence-corrected chi connectivity index (χ3v) is 6.62. The third kappa shape index (κ3) is 5.47. The molecule has 30 heavy (non-hydrogen) atoms. The van der Waals surface area contributed by atoms with Crippen molar-refractivity contribution in [3.8, 4) is 6.07 Å². The highest BCUT2D eigenvalue weighted by atomic mass is 35.5. The molecule has 0 bridgehead atoms. The summed E-state index contributed by atoms with van der Waals surface area (Å²) in [5.41, 5.74) is 1.45. The fourth-order valence-corrected chi connectivity index (χ4v) is 4.74. The molecular weight excluding hydrogens is 422 g/mol. The van der Waals surface area contributed by atoms with E-state index in [1.165, 1.54) is 11.8 Å². The summed E-state index contributed by atoms with van der Waals surface area (Å²) in [4.78, 5) is 26.5. The maximum Gasteiger partial charge on any atom is 0.410 e. The number of nitriles is 1. The molecule has 2 aliphatic rings. The number of rotatable bonds is 7. The molecule has 0 radical (unpaired) electrons. The van der Waals surface area contributed by atoms with Crippen LogP contribution in [0.3, 0.4) is 0 Å². The Balaban J connectivity index is 1.61. The quantitative estimate of drug-likeness (QED) is 0.388. The normalized spacial score (nSPS) is 20.7. The van der Waals surface area contributed by atoms with Crippen molar-refractivity contribution in [1.29, 1.82) is 5.26 Å². The van der Waals surface area contributed by atoms with Crippen molar-refractivity contribution < 1.29 is 14.3 Å². The number of carbonyl (C=O) groups is 2. The number of fused-ring (bicyclic) bond motifs is 1. The molecule has 1 aromatic carbocycles. The third-order valence-electron chi connectivity index (χ3n) is 4.99. The standard InChI is InChI=1S/C22H22ClN3O3S/c1-14(21(27)25-12-16-3-5-17(23)6-4-16)9-20(15(2)11-24)30-19-7-8-26-18(10-19)13-29-22(26)28/h3-6,9,18-19H,1-2,7-8,10,12-13H2,(H,25,27)/b20-9+/t18-,19-/m0/s1. The second-order valence-electron chi connectivity index (χ2n) is 7.12. The number of halogens is 1. The number of ether oxygens (including phenoxy) is 1. The van der Waals surface area contributed by atoms with E-state index in [1.54, 1.807) is 23.1 Å². The molecule has 8 heteroatoms. The molecule has 156 valence electrons. The summed E-state index contributed by atoms with van der Waals surface area (Å²) in [7, 11) is 0. The molecule has 0 aliphatic carbocycles. The first-order valence-electron chi connectivity index (χ1n) is 9.50. The van der Waals surface area contributed by atoms with E-state index in [0.29, 0.717) is 29.6 Å². The van der Waals surface area contributed by atoms with Gasteiger partial charge < -0.3 is 15.0 Å². The Labute approximate surface area is 185 Å². The van der Waals surface area contributed by atoms with Gasteiger partial charge >= 0.3 is 6.09 Å². The predicted molar refractivity (Wildman–Crippen MR) is 118 cm³/mol. The van der Waals surface area contributed by atoms with Crippen molar-refractivity contribution in [2.75, 3.05) is 13.2 Å². The van der Waals surface area contributed by atoms with Gasteiger partial charge in [-0.3, -0.25) is 4.79 Å². The lowest BCUT2D eigenvalue weighted by atomic mass is 10.0. The molecule has 2 heterocycles. The van der Waals surface area contributed by atoms with E-state index in [1.807, 2.05) is 12.1 Å². The minimum Gasteiger partial charge on any atom is -0.447 e. The van der Waals surface area contributed by atoms with Crippen LogP contribution in [-0.2, 0) is 16.1 Å². The van der Waals surface area contributed by atoms with Crippen LogP contribution in [0.5, 0.6) is 0 Å². The summed E-state index contributed by atoms with van der Waals surface area (Å²) < 4.78 is 5.11. The van der Waals surface area contributed by atoms with Gasteiger partial charge in [0.2, 0.25) is 0 Å². The van der Waals surface area contributed by atoms with Crippen LogP contribution in [0.15, 0.2) is 59.6 Å². The Morgan fingerprint density at radius 1 is 1.40 bits per heavy atom. The van der Waals surface area contributed by atoms with Crippen molar-refractivity contribution >= 4 is 35.4 Å². The molecule has 1 aromatic rings. The lowest BCUT2D eigenvalue weighted by Crippen LogP contribution is -2.41. The summed E-state index contributed by atoms with van der Waals surface area (Å²) >= 11 is 7.37. The van der Waals surface area contributed by atoms with E-state index >= 15 is 0 Å². The highest BCUT2D eigenvalue weighted by Crippen LogP contribution is 2.37. The topological polar surface area (TPSA) is 82.4 Å². The molecule has 2 amide bonds. The van der Waals surface area contributed by atoms with Gasteiger partial charge in [0.15, 0.2) is 0 Å². The smallest absolute Gasteiger partial charge is 0.410 e. The van der Waals surface area contributed by atoms with E-state index in [0.717, 1.165) is 18.4 Å². The van der Waals surface area contributed by atoms with Crippen LogP contribution in [0.2, 0.25) is 5.02 Å². The SMILES string of the molecule is C=C(/C=C(/S[C@H]1CCN2C(=O)OC[C@@H]2C1)C(=C)C#N)C(=O)NCc1ccc(Cl)cc1. The molecule has 2 aliphatic heterocycles. The van der Waals surface area contributed by atoms with Gasteiger partial charge in [-0.25, -0.2) is 4.79 Å². The molecule has 2 atom stereocenters. The van der Waals surface area contributed by atoms with Gasteiger partial charge in [0.05, 0.1) is 17.7 Å². The minimum absolute atomic E-state index is 0.0613. The predicted octanol–water partition coefficient (Wildman–Crippen LogP) is 4.19. The lowest BCUT2D eigenvalue weighted by Gasteiger charge is -2.32. The summed E-state index contributed by atoms with van der Waals surface area (Å²) in [5, 5.41) is 13.0. The van der Waals surface area contributed by atoms with Crippen LogP contribution >= 0.6 is 23.4 Å². The zero-order valence-electron chi connectivity index (χ0n) is 16.4. The zero-order chi connectivity index (χ0) is 21.7. The number of piperidine rings is 1. The molecule has 3 rings (SSSR count). The number of cyclic esters (lactones) is 1. The largest absolute Gasteiger partial charge is 0.447 e. The highest BCUT2D eigenvalue weighted by molar-refractivity contribution is 8.03. The second kappa shape index (κ2) is 9.88. The highest BCUT2D eigenvalue weighted by Gasteiger charge is 2.38. The Bertz CT molecular complexity index is 936. The van der Waals surface area contributed by atoms with Crippen LogP contribution in [0.4, 0.5) is 4.79 Å². The number of amides is 2. The Hall–Kier alpha value is -2.69. The van der Waals surface area contributed by atoms with Gasteiger partial charge in [-0.05, 0) is 36.6 Å². The van der Waals surface area contributed by atoms with Crippen molar-refractivity contribution in [3.63, 3.8) is 0 Å². The fraction of sp³-hybridized carbons (Fsp3) is 0.318. The number of thioether (sulfide) groups is 1. The van der Waals surface area contributed by atoms with E-state index in [-0.39, 0.29) is 34.4 Å². The average Bonchev–Trinajstić information content (AvgIpc) is 3.12. The second-order valence-corrected chi connectivity index (χ2v) is 8.90. The van der Waals surface area contributed by atoms with Gasteiger partial charge in [0.25, 0.3) is 5.91 Å². The number of carbonyl (C=O) groups excluding carboxylic acids is 2. The van der Waals surface area contributed by atoms with Crippen LogP contribution in [-0.4, -0.2) is 41.3 Å². The number of hydrogen-bond donors (Lipinski definition) is 1. The van der Waals surface area contributed by atoms with Crippen LogP contribution in [0.25, 0.3) is 0 Å². The Morgan fingerprint density at radius 3 is 2.83 bits per heavy atom. The fourth-order valence-electron chi connectivity index (χ4n) is 3.32. The number of allylic oxidation sites excluding steroid dienone is 1. The molecule has 0 saturated carbocycles. The van der Waals surface area contributed by atoms with Crippen molar-refractivity contribution in [1.82, 2.24) is 10.2 Å². The van der Waals surface area contributed by atoms with Crippen LogP contribution < -0.4 is 5.32 Å². The molecule has 2 saturated heterocycles. The van der Waals surface area contributed by atoms with Crippen molar-refractivity contribution in [2.45, 2.75) is 30.7 Å². The first-order valence-corrected chi connectivity index (χ1v) is 10.8. The summed E-state index contributed by atoms with van der Waals surface area (Å²) in [6, 6.07) is 9.32. The summed E-state index contributed by atoms with van der Waals surface area (Å²) in [5.74, 6) is -0.321. The number of hydrogen-bond acceptors (Lipinski definition) is 5. The number of benzene rings is 1. The van der Waals surface area contributed by atoms with Gasteiger partial charge in [-0.2, -0.15) is 5.26 Å². The molecule has 0 aromatic heterocycles. The van der Waals surface area contributed by atoms with Gasteiger partial charge in [0.1, 0.15) is 6.61 Å². The van der Waals surface area contributed by atoms with Gasteiger partial charge in [-0.15, -0.1) is 11.8 Å². The summed E-state index contributed by atoms with van der Waals surface area (Å²) in [6.07, 6.45) is 2.89. The summed E-state index contributed by atoms with van der Waals surface area (Å²) in [6.45, 7) is 9.02. The van der Waals surface area contributed by atoms with Gasteiger partial charge in [0, 0.05) is 33.8 Å². The molecule has 1 N–H and O–H groups in total. The average molecular weight is 444 g/mol. The molecule has 2 fully saturated rings. The lowest BCUT2D eigenvalue weighted by molar-refractivity contribution is -0.117. The van der Waals surface area contributed by atoms with Crippen molar-refractivity contribution in [3.05, 3.63) is 70.1 Å². The molecule has 0 unspecified atom stereocenters. The molecule has 0 spiro atoms.